The number of benzene rings is 1. The maximum atomic E-state index is 9.59. The Morgan fingerprint density at radius 1 is 1.47 bits per heavy atom. The van der Waals surface area contributed by atoms with Crippen LogP contribution in [0.2, 0.25) is 0 Å². The third-order valence-corrected chi connectivity index (χ3v) is 2.48. The zero-order valence-corrected chi connectivity index (χ0v) is 9.31. The van der Waals surface area contributed by atoms with Crippen LogP contribution < -0.4 is 5.73 Å². The van der Waals surface area contributed by atoms with Gasteiger partial charge in [-0.1, -0.05) is 24.3 Å². The van der Waals surface area contributed by atoms with Gasteiger partial charge in [0.05, 0.1) is 12.2 Å². The van der Waals surface area contributed by atoms with Crippen molar-refractivity contribution in [2.24, 2.45) is 5.73 Å². The van der Waals surface area contributed by atoms with Gasteiger partial charge in [0.15, 0.2) is 0 Å². The third kappa shape index (κ3) is 3.63. The molecule has 2 atom stereocenters. The first-order valence-electron chi connectivity index (χ1n) is 5.17. The lowest BCUT2D eigenvalue weighted by Gasteiger charge is -2.12. The van der Waals surface area contributed by atoms with E-state index in [1.54, 1.807) is 7.11 Å². The van der Waals surface area contributed by atoms with Gasteiger partial charge in [-0.2, -0.15) is 0 Å². The SMILES string of the molecule is COC(C)Cc1cccc(C(O)CN)c1. The number of aliphatic hydroxyl groups excluding tert-OH is 1. The van der Waals surface area contributed by atoms with Gasteiger partial charge in [0, 0.05) is 13.7 Å². The number of rotatable bonds is 5. The lowest BCUT2D eigenvalue weighted by atomic mass is 10.0. The molecule has 0 spiro atoms. The molecular weight excluding hydrogens is 190 g/mol. The molecule has 3 nitrogen and oxygen atoms in total. The molecule has 0 amide bonds. The van der Waals surface area contributed by atoms with E-state index in [0.717, 1.165) is 17.5 Å². The van der Waals surface area contributed by atoms with Gasteiger partial charge in [-0.25, -0.2) is 0 Å². The first kappa shape index (κ1) is 12.2. The second-order valence-corrected chi connectivity index (χ2v) is 3.75. The molecule has 0 aliphatic heterocycles. The first-order chi connectivity index (χ1) is 7.17. The molecule has 3 heteroatoms. The number of aliphatic hydroxyl groups is 1. The van der Waals surface area contributed by atoms with Crippen LogP contribution in [-0.2, 0) is 11.2 Å². The molecule has 0 aliphatic rings. The molecule has 0 bridgehead atoms. The van der Waals surface area contributed by atoms with Crippen molar-refractivity contribution in [3.8, 4) is 0 Å². The van der Waals surface area contributed by atoms with Gasteiger partial charge in [0.2, 0.25) is 0 Å². The largest absolute Gasteiger partial charge is 0.387 e. The highest BCUT2D eigenvalue weighted by molar-refractivity contribution is 5.25. The van der Waals surface area contributed by atoms with E-state index in [-0.39, 0.29) is 12.6 Å². The van der Waals surface area contributed by atoms with Crippen LogP contribution in [0.1, 0.15) is 24.2 Å². The summed E-state index contributed by atoms with van der Waals surface area (Å²) < 4.78 is 5.19. The summed E-state index contributed by atoms with van der Waals surface area (Å²) in [7, 11) is 1.70. The summed E-state index contributed by atoms with van der Waals surface area (Å²) in [5, 5.41) is 9.59. The molecule has 3 N–H and O–H groups in total. The molecule has 0 radical (unpaired) electrons. The fourth-order valence-corrected chi connectivity index (χ4v) is 1.48. The Hall–Kier alpha value is -0.900. The summed E-state index contributed by atoms with van der Waals surface area (Å²) >= 11 is 0. The van der Waals surface area contributed by atoms with Crippen molar-refractivity contribution in [1.82, 2.24) is 0 Å². The van der Waals surface area contributed by atoms with Crippen LogP contribution >= 0.6 is 0 Å². The summed E-state index contributed by atoms with van der Waals surface area (Å²) in [6.07, 6.45) is 0.472. The molecule has 1 aromatic carbocycles. The van der Waals surface area contributed by atoms with E-state index in [9.17, 15) is 5.11 Å². The van der Waals surface area contributed by atoms with E-state index in [4.69, 9.17) is 10.5 Å². The molecule has 1 aromatic rings. The van der Waals surface area contributed by atoms with Crippen molar-refractivity contribution >= 4 is 0 Å². The van der Waals surface area contributed by atoms with Gasteiger partial charge >= 0.3 is 0 Å². The Morgan fingerprint density at radius 3 is 2.80 bits per heavy atom. The fourth-order valence-electron chi connectivity index (χ4n) is 1.48. The van der Waals surface area contributed by atoms with Crippen LogP contribution in [0.15, 0.2) is 24.3 Å². The minimum Gasteiger partial charge on any atom is -0.387 e. The van der Waals surface area contributed by atoms with Crippen molar-refractivity contribution < 1.29 is 9.84 Å². The van der Waals surface area contributed by atoms with Gasteiger partial charge in [-0.05, 0) is 24.5 Å². The first-order valence-corrected chi connectivity index (χ1v) is 5.17. The molecule has 2 unspecified atom stereocenters. The van der Waals surface area contributed by atoms with Gasteiger partial charge in [-0.15, -0.1) is 0 Å². The molecule has 0 aromatic heterocycles. The minimum atomic E-state index is -0.567. The molecule has 1 rings (SSSR count). The second-order valence-electron chi connectivity index (χ2n) is 3.75. The Kier molecular flexibility index (Phi) is 4.75. The highest BCUT2D eigenvalue weighted by atomic mass is 16.5. The summed E-state index contributed by atoms with van der Waals surface area (Å²) in [4.78, 5) is 0. The van der Waals surface area contributed by atoms with Crippen LogP contribution in [0, 0.1) is 0 Å². The van der Waals surface area contributed by atoms with Crippen molar-refractivity contribution in [3.05, 3.63) is 35.4 Å². The molecule has 15 heavy (non-hydrogen) atoms. The Balaban J connectivity index is 2.74. The summed E-state index contributed by atoms with van der Waals surface area (Å²) in [5.41, 5.74) is 7.44. The molecule has 0 aliphatic carbocycles. The predicted octanol–water partition coefficient (Wildman–Crippen LogP) is 1.26. The fraction of sp³-hybridized carbons (Fsp3) is 0.500. The number of hydrogen-bond donors (Lipinski definition) is 2. The normalized spacial score (nSPS) is 14.9. The van der Waals surface area contributed by atoms with E-state index < -0.39 is 6.10 Å². The molecule has 0 saturated heterocycles. The van der Waals surface area contributed by atoms with Crippen molar-refractivity contribution in [3.63, 3.8) is 0 Å². The Bertz CT molecular complexity index is 301. The topological polar surface area (TPSA) is 55.5 Å². The van der Waals surface area contributed by atoms with Crippen LogP contribution in [0.3, 0.4) is 0 Å². The third-order valence-electron chi connectivity index (χ3n) is 2.48. The van der Waals surface area contributed by atoms with E-state index in [2.05, 4.69) is 0 Å². The van der Waals surface area contributed by atoms with Crippen molar-refractivity contribution in [2.75, 3.05) is 13.7 Å². The second kappa shape index (κ2) is 5.85. The minimum absolute atomic E-state index is 0.190. The van der Waals surface area contributed by atoms with Crippen molar-refractivity contribution in [1.29, 1.82) is 0 Å². The smallest absolute Gasteiger partial charge is 0.0912 e. The molecule has 0 fully saturated rings. The predicted molar refractivity (Wildman–Crippen MR) is 60.6 cm³/mol. The molecule has 0 heterocycles. The maximum absolute atomic E-state index is 9.59. The summed E-state index contributed by atoms with van der Waals surface area (Å²) in [6, 6.07) is 7.83. The van der Waals surface area contributed by atoms with E-state index in [1.165, 1.54) is 0 Å². The monoisotopic (exact) mass is 209 g/mol. The maximum Gasteiger partial charge on any atom is 0.0912 e. The summed E-state index contributed by atoms with van der Waals surface area (Å²) in [5.74, 6) is 0. The standard InChI is InChI=1S/C12H19NO2/c1-9(15-2)6-10-4-3-5-11(7-10)12(14)8-13/h3-5,7,9,12,14H,6,8,13H2,1-2H3. The zero-order chi connectivity index (χ0) is 11.3. The summed E-state index contributed by atoms with van der Waals surface area (Å²) in [6.45, 7) is 2.27. The van der Waals surface area contributed by atoms with Crippen LogP contribution in [0.4, 0.5) is 0 Å². The number of methoxy groups -OCH3 is 1. The molecule has 84 valence electrons. The van der Waals surface area contributed by atoms with E-state index in [0.29, 0.717) is 0 Å². The van der Waals surface area contributed by atoms with Crippen LogP contribution in [-0.4, -0.2) is 24.9 Å². The Labute approximate surface area is 90.9 Å². The van der Waals surface area contributed by atoms with Crippen LogP contribution in [0.5, 0.6) is 0 Å². The van der Waals surface area contributed by atoms with Gasteiger partial charge < -0.3 is 15.6 Å². The van der Waals surface area contributed by atoms with E-state index >= 15 is 0 Å². The highest BCUT2D eigenvalue weighted by Crippen LogP contribution is 2.15. The lowest BCUT2D eigenvalue weighted by molar-refractivity contribution is 0.118. The highest BCUT2D eigenvalue weighted by Gasteiger charge is 2.07. The average molecular weight is 209 g/mol. The van der Waals surface area contributed by atoms with Gasteiger partial charge in [-0.3, -0.25) is 0 Å². The number of hydrogen-bond acceptors (Lipinski definition) is 3. The van der Waals surface area contributed by atoms with Crippen molar-refractivity contribution in [2.45, 2.75) is 25.6 Å². The Morgan fingerprint density at radius 2 is 2.20 bits per heavy atom. The molecule has 0 saturated carbocycles. The number of nitrogens with two attached hydrogens (primary N) is 1. The molecular formula is C12H19NO2. The quantitative estimate of drug-likeness (QED) is 0.767. The van der Waals surface area contributed by atoms with Gasteiger partial charge in [0.1, 0.15) is 0 Å². The van der Waals surface area contributed by atoms with Gasteiger partial charge in [0.25, 0.3) is 0 Å². The number of ether oxygens (including phenoxy) is 1. The zero-order valence-electron chi connectivity index (χ0n) is 9.31. The van der Waals surface area contributed by atoms with E-state index in [1.807, 2.05) is 31.2 Å². The average Bonchev–Trinajstić information content (AvgIpc) is 2.28. The van der Waals surface area contributed by atoms with Crippen LogP contribution in [0.25, 0.3) is 0 Å². The lowest BCUT2D eigenvalue weighted by Crippen LogP contribution is -2.13.